The van der Waals surface area contributed by atoms with E-state index >= 15 is 0 Å². The SMILES string of the molecule is CC(C)CC1(C(=O)O)NC(c2ccccc2)C2C(=O)N(C3CCCCC3)C(=O)C21. The lowest BCUT2D eigenvalue weighted by molar-refractivity contribution is -0.153. The number of fused-ring (bicyclic) bond motifs is 1. The van der Waals surface area contributed by atoms with Gasteiger partial charge in [-0.15, -0.1) is 0 Å². The number of rotatable bonds is 5. The zero-order valence-electron chi connectivity index (χ0n) is 17.1. The smallest absolute Gasteiger partial charge is 0.324 e. The monoisotopic (exact) mass is 398 g/mol. The second-order valence-electron chi connectivity index (χ2n) is 9.25. The molecule has 2 N–H and O–H groups in total. The molecule has 0 aromatic heterocycles. The Kier molecular flexibility index (Phi) is 5.23. The van der Waals surface area contributed by atoms with E-state index in [4.69, 9.17) is 0 Å². The normalized spacial score (nSPS) is 32.8. The largest absolute Gasteiger partial charge is 0.480 e. The molecule has 1 aliphatic carbocycles. The van der Waals surface area contributed by atoms with Crippen LogP contribution < -0.4 is 5.32 Å². The van der Waals surface area contributed by atoms with Gasteiger partial charge in [-0.05, 0) is 30.7 Å². The van der Waals surface area contributed by atoms with Gasteiger partial charge in [-0.25, -0.2) is 0 Å². The average molecular weight is 399 g/mol. The molecule has 156 valence electrons. The number of carboxylic acids is 1. The highest BCUT2D eigenvalue weighted by atomic mass is 16.4. The van der Waals surface area contributed by atoms with Crippen molar-refractivity contribution in [3.05, 3.63) is 35.9 Å². The topological polar surface area (TPSA) is 86.7 Å². The van der Waals surface area contributed by atoms with Gasteiger partial charge in [-0.2, -0.15) is 0 Å². The van der Waals surface area contributed by atoms with Gasteiger partial charge in [-0.3, -0.25) is 24.6 Å². The first-order valence-electron chi connectivity index (χ1n) is 10.8. The lowest BCUT2D eigenvalue weighted by atomic mass is 9.75. The third-order valence-corrected chi connectivity index (χ3v) is 6.90. The van der Waals surface area contributed by atoms with Crippen LogP contribution in [0.4, 0.5) is 0 Å². The fourth-order valence-corrected chi connectivity index (χ4v) is 5.79. The second-order valence-corrected chi connectivity index (χ2v) is 9.25. The third kappa shape index (κ3) is 3.18. The maximum Gasteiger partial charge on any atom is 0.324 e. The Labute approximate surface area is 171 Å². The summed E-state index contributed by atoms with van der Waals surface area (Å²) in [5.74, 6) is -2.98. The summed E-state index contributed by atoms with van der Waals surface area (Å²) in [5, 5.41) is 13.6. The minimum Gasteiger partial charge on any atom is -0.480 e. The van der Waals surface area contributed by atoms with Crippen LogP contribution >= 0.6 is 0 Å². The second kappa shape index (κ2) is 7.56. The van der Waals surface area contributed by atoms with Gasteiger partial charge >= 0.3 is 5.97 Å². The number of carboxylic acid groups (broad SMARTS) is 1. The third-order valence-electron chi connectivity index (χ3n) is 6.90. The van der Waals surface area contributed by atoms with Gasteiger partial charge in [0, 0.05) is 12.1 Å². The van der Waals surface area contributed by atoms with Crippen LogP contribution in [-0.4, -0.2) is 39.4 Å². The summed E-state index contributed by atoms with van der Waals surface area (Å²) in [7, 11) is 0. The number of carbonyl (C=O) groups is 3. The number of likely N-dealkylation sites (tertiary alicyclic amines) is 1. The van der Waals surface area contributed by atoms with Crippen molar-refractivity contribution in [1.29, 1.82) is 0 Å². The highest BCUT2D eigenvalue weighted by Crippen LogP contribution is 2.51. The quantitative estimate of drug-likeness (QED) is 0.744. The summed E-state index contributed by atoms with van der Waals surface area (Å²) in [6.07, 6.45) is 5.10. The fraction of sp³-hybridized carbons (Fsp3) is 0.609. The molecule has 0 spiro atoms. The number of imide groups is 1. The van der Waals surface area contributed by atoms with E-state index < -0.39 is 29.4 Å². The standard InChI is InChI=1S/C23H30N2O4/c1-14(2)13-23(22(28)29)18-17(19(24-23)15-9-5-3-6-10-15)20(26)25(21(18)27)16-11-7-4-8-12-16/h3,5-6,9-10,14,16-19,24H,4,7-8,11-13H2,1-2H3,(H,28,29). The summed E-state index contributed by atoms with van der Waals surface area (Å²) in [6, 6.07) is 8.92. The number of nitrogens with one attached hydrogen (secondary N) is 1. The van der Waals surface area contributed by atoms with Gasteiger partial charge in [0.1, 0.15) is 5.54 Å². The molecule has 6 nitrogen and oxygen atoms in total. The van der Waals surface area contributed by atoms with E-state index in [0.29, 0.717) is 6.42 Å². The molecule has 4 rings (SSSR count). The van der Waals surface area contributed by atoms with E-state index in [1.54, 1.807) is 0 Å². The molecule has 0 bridgehead atoms. The minimum absolute atomic E-state index is 0.0698. The van der Waals surface area contributed by atoms with Crippen LogP contribution in [0.2, 0.25) is 0 Å². The zero-order chi connectivity index (χ0) is 20.8. The molecule has 0 radical (unpaired) electrons. The van der Waals surface area contributed by atoms with Crippen LogP contribution in [0.3, 0.4) is 0 Å². The molecule has 3 fully saturated rings. The van der Waals surface area contributed by atoms with Crippen LogP contribution in [0, 0.1) is 17.8 Å². The number of amides is 2. The highest BCUT2D eigenvalue weighted by Gasteiger charge is 2.68. The Bertz CT molecular complexity index is 802. The fourth-order valence-electron chi connectivity index (χ4n) is 5.79. The van der Waals surface area contributed by atoms with Crippen LogP contribution in [0.25, 0.3) is 0 Å². The molecule has 1 aromatic carbocycles. The van der Waals surface area contributed by atoms with Crippen molar-refractivity contribution in [3.63, 3.8) is 0 Å². The van der Waals surface area contributed by atoms with E-state index in [-0.39, 0.29) is 23.8 Å². The molecule has 1 saturated carbocycles. The molecular weight excluding hydrogens is 368 g/mol. The number of hydrogen-bond donors (Lipinski definition) is 2. The Morgan fingerprint density at radius 1 is 1.14 bits per heavy atom. The molecule has 3 aliphatic rings. The van der Waals surface area contributed by atoms with Crippen molar-refractivity contribution >= 4 is 17.8 Å². The Balaban J connectivity index is 1.79. The van der Waals surface area contributed by atoms with Crippen LogP contribution in [0.15, 0.2) is 30.3 Å². The number of nitrogens with zero attached hydrogens (tertiary/aromatic N) is 1. The predicted molar refractivity (Wildman–Crippen MR) is 108 cm³/mol. The van der Waals surface area contributed by atoms with E-state index in [2.05, 4.69) is 5.32 Å². The van der Waals surface area contributed by atoms with Crippen molar-refractivity contribution in [2.75, 3.05) is 0 Å². The molecule has 6 heteroatoms. The number of aliphatic carboxylic acids is 1. The number of hydrogen-bond acceptors (Lipinski definition) is 4. The molecule has 2 heterocycles. The Morgan fingerprint density at radius 2 is 1.79 bits per heavy atom. The van der Waals surface area contributed by atoms with Crippen molar-refractivity contribution < 1.29 is 19.5 Å². The maximum atomic E-state index is 13.6. The molecule has 2 saturated heterocycles. The number of carbonyl (C=O) groups excluding carboxylic acids is 2. The maximum absolute atomic E-state index is 13.6. The summed E-state index contributed by atoms with van der Waals surface area (Å²) in [4.78, 5) is 41.1. The molecule has 1 aromatic rings. The Morgan fingerprint density at radius 3 is 2.38 bits per heavy atom. The van der Waals surface area contributed by atoms with Gasteiger partial charge in [0.05, 0.1) is 11.8 Å². The summed E-state index contributed by atoms with van der Waals surface area (Å²) in [5.41, 5.74) is -0.559. The molecule has 2 aliphatic heterocycles. The zero-order valence-corrected chi connectivity index (χ0v) is 17.1. The predicted octanol–water partition coefficient (Wildman–Crippen LogP) is 3.13. The summed E-state index contributed by atoms with van der Waals surface area (Å²) in [6.45, 7) is 3.91. The van der Waals surface area contributed by atoms with Gasteiger partial charge in [0.25, 0.3) is 0 Å². The van der Waals surface area contributed by atoms with Crippen LogP contribution in [0.5, 0.6) is 0 Å². The summed E-state index contributed by atoms with van der Waals surface area (Å²) >= 11 is 0. The minimum atomic E-state index is -1.42. The van der Waals surface area contributed by atoms with Crippen molar-refractivity contribution in [2.24, 2.45) is 17.8 Å². The molecule has 2 amide bonds. The number of benzene rings is 1. The average Bonchev–Trinajstić information content (AvgIpc) is 3.17. The molecule has 4 unspecified atom stereocenters. The van der Waals surface area contributed by atoms with Crippen LogP contribution in [-0.2, 0) is 14.4 Å². The first-order valence-corrected chi connectivity index (χ1v) is 10.8. The van der Waals surface area contributed by atoms with Crippen molar-refractivity contribution in [2.45, 2.75) is 70.0 Å². The first kappa shape index (κ1) is 20.1. The van der Waals surface area contributed by atoms with E-state index in [9.17, 15) is 19.5 Å². The van der Waals surface area contributed by atoms with E-state index in [0.717, 1.165) is 37.7 Å². The van der Waals surface area contributed by atoms with Gasteiger partial charge in [0.2, 0.25) is 11.8 Å². The first-order chi connectivity index (χ1) is 13.9. The molecule has 29 heavy (non-hydrogen) atoms. The van der Waals surface area contributed by atoms with E-state index in [1.807, 2.05) is 44.2 Å². The van der Waals surface area contributed by atoms with Crippen LogP contribution in [0.1, 0.15) is 64.0 Å². The van der Waals surface area contributed by atoms with Gasteiger partial charge in [0.15, 0.2) is 0 Å². The Hall–Kier alpha value is -2.21. The van der Waals surface area contributed by atoms with Gasteiger partial charge < -0.3 is 5.11 Å². The molecular formula is C23H30N2O4. The highest BCUT2D eigenvalue weighted by molar-refractivity contribution is 6.09. The lowest BCUT2D eigenvalue weighted by Gasteiger charge is -2.35. The molecule has 4 atom stereocenters. The van der Waals surface area contributed by atoms with Gasteiger partial charge in [-0.1, -0.05) is 63.4 Å². The summed E-state index contributed by atoms with van der Waals surface area (Å²) < 4.78 is 0. The van der Waals surface area contributed by atoms with Crippen molar-refractivity contribution in [3.8, 4) is 0 Å². The lowest BCUT2D eigenvalue weighted by Crippen LogP contribution is -2.57. The van der Waals surface area contributed by atoms with E-state index in [1.165, 1.54) is 4.90 Å². The van der Waals surface area contributed by atoms with Crippen molar-refractivity contribution in [1.82, 2.24) is 10.2 Å².